The van der Waals surface area contributed by atoms with Gasteiger partial charge in [0.1, 0.15) is 0 Å². The molecule has 28 heavy (non-hydrogen) atoms. The quantitative estimate of drug-likeness (QED) is 0.596. The van der Waals surface area contributed by atoms with E-state index in [2.05, 4.69) is 22.2 Å². The summed E-state index contributed by atoms with van der Waals surface area (Å²) in [6, 6.07) is 6.16. The van der Waals surface area contributed by atoms with E-state index in [-0.39, 0.29) is 24.0 Å². The number of fused-ring (bicyclic) bond motifs is 4. The van der Waals surface area contributed by atoms with Crippen molar-refractivity contribution in [2.24, 2.45) is 0 Å². The molecule has 0 spiro atoms. The van der Waals surface area contributed by atoms with Crippen molar-refractivity contribution < 1.29 is 14.0 Å². The Labute approximate surface area is 166 Å². The van der Waals surface area contributed by atoms with E-state index in [0.29, 0.717) is 28.4 Å². The van der Waals surface area contributed by atoms with Gasteiger partial charge in [-0.3, -0.25) is 4.79 Å². The van der Waals surface area contributed by atoms with E-state index in [9.17, 15) is 14.0 Å². The number of hydrogen-bond donors (Lipinski definition) is 2. The second kappa shape index (κ2) is 7.24. The van der Waals surface area contributed by atoms with Crippen LogP contribution in [0.2, 0.25) is 5.02 Å². The molecule has 2 N–H and O–H groups in total. The molecule has 144 valence electrons. The molecule has 3 heterocycles. The van der Waals surface area contributed by atoms with Crippen LogP contribution in [0.5, 0.6) is 0 Å². The van der Waals surface area contributed by atoms with Gasteiger partial charge in [-0.25, -0.2) is 9.78 Å². The van der Waals surface area contributed by atoms with Gasteiger partial charge in [-0.05, 0) is 55.2 Å². The van der Waals surface area contributed by atoms with Gasteiger partial charge in [-0.15, -0.1) is 0 Å². The van der Waals surface area contributed by atoms with Gasteiger partial charge in [0, 0.05) is 23.5 Å². The number of rotatable bonds is 3. The lowest BCUT2D eigenvalue weighted by Gasteiger charge is -2.36. The topological polar surface area (TPSA) is 74.3 Å². The van der Waals surface area contributed by atoms with Gasteiger partial charge in [-0.2, -0.15) is 4.39 Å². The number of carbonyl (C=O) groups is 2. The zero-order valence-corrected chi connectivity index (χ0v) is 15.7. The van der Waals surface area contributed by atoms with E-state index in [1.54, 1.807) is 29.2 Å². The zero-order valence-electron chi connectivity index (χ0n) is 14.9. The number of nitrogens with zero attached hydrogens (tertiary/aromatic N) is 2. The van der Waals surface area contributed by atoms with Gasteiger partial charge >= 0.3 is 6.03 Å². The Morgan fingerprint density at radius 1 is 1.29 bits per heavy atom. The monoisotopic (exact) mass is 400 g/mol. The van der Waals surface area contributed by atoms with E-state index in [0.717, 1.165) is 24.5 Å². The van der Waals surface area contributed by atoms with Gasteiger partial charge in [0.05, 0.1) is 16.8 Å². The molecular weight excluding hydrogens is 383 g/mol. The molecule has 6 nitrogen and oxygen atoms in total. The Morgan fingerprint density at radius 3 is 2.86 bits per heavy atom. The average molecular weight is 401 g/mol. The van der Waals surface area contributed by atoms with Gasteiger partial charge in [0.2, 0.25) is 11.9 Å². The molecule has 3 amide bonds. The predicted molar refractivity (Wildman–Crippen MR) is 105 cm³/mol. The minimum Gasteiger partial charge on any atom is -0.321 e. The maximum Gasteiger partial charge on any atom is 0.322 e. The van der Waals surface area contributed by atoms with E-state index in [1.165, 1.54) is 6.20 Å². The SMILES string of the molecule is C=CC(=O)Nc1ccc(NC(=O)N2C3CCC2c2ccnc(F)c2C3)cc1Cl. The minimum atomic E-state index is -0.446. The Hall–Kier alpha value is -2.93. The lowest BCUT2D eigenvalue weighted by molar-refractivity contribution is -0.111. The van der Waals surface area contributed by atoms with Crippen LogP contribution in [0.25, 0.3) is 0 Å². The smallest absolute Gasteiger partial charge is 0.321 e. The highest BCUT2D eigenvalue weighted by Gasteiger charge is 2.43. The van der Waals surface area contributed by atoms with Gasteiger partial charge in [-0.1, -0.05) is 18.2 Å². The molecule has 8 heteroatoms. The molecular formula is C20H18ClFN4O2. The molecule has 1 aromatic carbocycles. The number of benzene rings is 1. The highest BCUT2D eigenvalue weighted by molar-refractivity contribution is 6.34. The van der Waals surface area contributed by atoms with Crippen molar-refractivity contribution in [1.29, 1.82) is 0 Å². The normalized spacial score (nSPS) is 19.7. The Balaban J connectivity index is 1.52. The molecule has 2 aliphatic rings. The number of anilines is 2. The maximum atomic E-state index is 14.0. The summed E-state index contributed by atoms with van der Waals surface area (Å²) in [7, 11) is 0. The summed E-state index contributed by atoms with van der Waals surface area (Å²) >= 11 is 6.19. The average Bonchev–Trinajstić information content (AvgIpc) is 3.00. The molecule has 2 aliphatic heterocycles. The molecule has 0 aliphatic carbocycles. The highest BCUT2D eigenvalue weighted by Crippen LogP contribution is 2.44. The number of amides is 3. The summed E-state index contributed by atoms with van der Waals surface area (Å²) in [6.07, 6.45) is 4.67. The number of pyridine rings is 1. The van der Waals surface area contributed by atoms with Crippen LogP contribution >= 0.6 is 11.6 Å². The van der Waals surface area contributed by atoms with Crippen LogP contribution in [0, 0.1) is 5.95 Å². The first-order chi connectivity index (χ1) is 13.5. The van der Waals surface area contributed by atoms with Crippen molar-refractivity contribution in [3.63, 3.8) is 0 Å². The molecule has 0 saturated carbocycles. The number of urea groups is 1. The fraction of sp³-hybridized carbons (Fsp3) is 0.250. The van der Waals surface area contributed by atoms with Gasteiger partial charge in [0.15, 0.2) is 0 Å². The molecule has 4 rings (SSSR count). The lowest BCUT2D eigenvalue weighted by Crippen LogP contribution is -2.44. The van der Waals surface area contributed by atoms with Crippen LogP contribution in [0.15, 0.2) is 43.1 Å². The van der Waals surface area contributed by atoms with Crippen molar-refractivity contribution in [3.8, 4) is 0 Å². The molecule has 2 aromatic rings. The summed E-state index contributed by atoms with van der Waals surface area (Å²) in [4.78, 5) is 29.8. The van der Waals surface area contributed by atoms with Crippen molar-refractivity contribution in [2.75, 3.05) is 10.6 Å². The first-order valence-electron chi connectivity index (χ1n) is 8.93. The lowest BCUT2D eigenvalue weighted by atomic mass is 9.95. The van der Waals surface area contributed by atoms with Crippen molar-refractivity contribution >= 4 is 34.9 Å². The molecule has 1 fully saturated rings. The summed E-state index contributed by atoms with van der Waals surface area (Å²) in [5.41, 5.74) is 2.39. The third kappa shape index (κ3) is 3.22. The van der Waals surface area contributed by atoms with Gasteiger partial charge < -0.3 is 15.5 Å². The number of nitrogens with one attached hydrogen (secondary N) is 2. The molecule has 2 bridgehead atoms. The third-order valence-electron chi connectivity index (χ3n) is 5.24. The Morgan fingerprint density at radius 2 is 2.11 bits per heavy atom. The van der Waals surface area contributed by atoms with Crippen molar-refractivity contribution in [2.45, 2.75) is 31.3 Å². The zero-order chi connectivity index (χ0) is 19.8. The molecule has 2 unspecified atom stereocenters. The van der Waals surface area contributed by atoms with Crippen molar-refractivity contribution in [3.05, 3.63) is 65.2 Å². The van der Waals surface area contributed by atoms with Crippen LogP contribution in [0.4, 0.5) is 20.6 Å². The van der Waals surface area contributed by atoms with E-state index in [4.69, 9.17) is 11.6 Å². The molecule has 1 aromatic heterocycles. The fourth-order valence-electron chi connectivity index (χ4n) is 3.99. The first-order valence-corrected chi connectivity index (χ1v) is 9.31. The minimum absolute atomic E-state index is 0.0576. The second-order valence-electron chi connectivity index (χ2n) is 6.85. The summed E-state index contributed by atoms with van der Waals surface area (Å²) < 4.78 is 14.0. The molecule has 1 saturated heterocycles. The predicted octanol–water partition coefficient (Wildman–Crippen LogP) is 4.29. The standard InChI is InChI=1S/C20H18ClFN4O2/c1-2-18(27)25-16-5-3-11(9-15(16)21)24-20(28)26-12-4-6-17(26)13-7-8-23-19(22)14(13)10-12/h2-3,5,7-9,12,17H,1,4,6,10H2,(H,24,28)(H,25,27). The van der Waals surface area contributed by atoms with Crippen molar-refractivity contribution in [1.82, 2.24) is 9.88 Å². The molecule has 0 radical (unpaired) electrons. The summed E-state index contributed by atoms with van der Waals surface area (Å²) in [6.45, 7) is 3.39. The number of aromatic nitrogens is 1. The number of carbonyl (C=O) groups excluding carboxylic acids is 2. The molecule has 2 atom stereocenters. The van der Waals surface area contributed by atoms with E-state index in [1.807, 2.05) is 0 Å². The highest BCUT2D eigenvalue weighted by atomic mass is 35.5. The number of halogens is 2. The third-order valence-corrected chi connectivity index (χ3v) is 5.55. The van der Waals surface area contributed by atoms with Crippen LogP contribution in [0.1, 0.15) is 30.0 Å². The van der Waals surface area contributed by atoms with E-state index >= 15 is 0 Å². The van der Waals surface area contributed by atoms with Crippen LogP contribution in [0.3, 0.4) is 0 Å². The van der Waals surface area contributed by atoms with Crippen LogP contribution in [-0.2, 0) is 11.2 Å². The van der Waals surface area contributed by atoms with Crippen LogP contribution in [-0.4, -0.2) is 27.9 Å². The fourth-order valence-corrected chi connectivity index (χ4v) is 4.22. The Bertz CT molecular complexity index is 981. The summed E-state index contributed by atoms with van der Waals surface area (Å²) in [5, 5.41) is 5.74. The Kier molecular flexibility index (Phi) is 4.77. The van der Waals surface area contributed by atoms with Crippen LogP contribution < -0.4 is 10.6 Å². The number of hydrogen-bond acceptors (Lipinski definition) is 3. The van der Waals surface area contributed by atoms with E-state index < -0.39 is 5.95 Å². The largest absolute Gasteiger partial charge is 0.322 e. The van der Waals surface area contributed by atoms with Gasteiger partial charge in [0.25, 0.3) is 0 Å². The first kappa shape index (κ1) is 18.4. The summed E-state index contributed by atoms with van der Waals surface area (Å²) in [5.74, 6) is -0.817. The maximum absolute atomic E-state index is 14.0. The second-order valence-corrected chi connectivity index (χ2v) is 7.25.